The van der Waals surface area contributed by atoms with Crippen molar-refractivity contribution in [1.82, 2.24) is 9.21 Å². The third-order valence-electron chi connectivity index (χ3n) is 4.40. The van der Waals surface area contributed by atoms with E-state index < -0.39 is 15.6 Å². The third kappa shape index (κ3) is 3.82. The number of rotatable bonds is 5. The van der Waals surface area contributed by atoms with Crippen LogP contribution in [-0.2, 0) is 14.8 Å². The predicted molar refractivity (Wildman–Crippen MR) is 96.6 cm³/mol. The Labute approximate surface area is 148 Å². The predicted octanol–water partition coefficient (Wildman–Crippen LogP) is 1.72. The molecule has 1 amide bonds. The summed E-state index contributed by atoms with van der Waals surface area (Å²) >= 11 is 1.49. The second-order valence-electron chi connectivity index (χ2n) is 6.64. The first-order valence-corrected chi connectivity index (χ1v) is 10.5. The largest absolute Gasteiger partial charge is 0.338 e. The first-order valence-electron chi connectivity index (χ1n) is 8.25. The van der Waals surface area contributed by atoms with E-state index in [1.807, 2.05) is 20.8 Å². The van der Waals surface area contributed by atoms with Crippen LogP contribution in [0.15, 0.2) is 11.0 Å². The van der Waals surface area contributed by atoms with Gasteiger partial charge >= 0.3 is 0 Å². The lowest BCUT2D eigenvalue weighted by Gasteiger charge is -2.37. The Hall–Kier alpha value is -0.960. The Morgan fingerprint density at radius 3 is 2.33 bits per heavy atom. The maximum Gasteiger partial charge on any atom is 0.244 e. The molecule has 24 heavy (non-hydrogen) atoms. The number of nitrogens with two attached hydrogens (primary N) is 1. The monoisotopic (exact) mass is 373 g/mol. The van der Waals surface area contributed by atoms with Crippen LogP contribution in [0.25, 0.3) is 0 Å². The van der Waals surface area contributed by atoms with Gasteiger partial charge in [-0.25, -0.2) is 8.42 Å². The maximum atomic E-state index is 12.8. The van der Waals surface area contributed by atoms with Gasteiger partial charge in [-0.2, -0.15) is 4.31 Å². The number of amides is 1. The van der Waals surface area contributed by atoms with Gasteiger partial charge in [0.2, 0.25) is 15.9 Å². The summed E-state index contributed by atoms with van der Waals surface area (Å²) in [5, 5.41) is 0. The van der Waals surface area contributed by atoms with Gasteiger partial charge in [0, 0.05) is 35.9 Å². The van der Waals surface area contributed by atoms with E-state index in [1.54, 1.807) is 17.9 Å². The van der Waals surface area contributed by atoms with Crippen molar-refractivity contribution >= 4 is 27.3 Å². The Balaban J connectivity index is 2.07. The number of thiophene rings is 1. The average molecular weight is 374 g/mol. The van der Waals surface area contributed by atoms with Crippen LogP contribution in [0.2, 0.25) is 0 Å². The highest BCUT2D eigenvalue weighted by molar-refractivity contribution is 7.89. The third-order valence-corrected chi connectivity index (χ3v) is 7.52. The molecule has 2 rings (SSSR count). The van der Waals surface area contributed by atoms with E-state index in [1.165, 1.54) is 15.6 Å². The van der Waals surface area contributed by atoms with Gasteiger partial charge in [-0.15, -0.1) is 11.3 Å². The van der Waals surface area contributed by atoms with Crippen LogP contribution in [-0.4, -0.2) is 55.2 Å². The highest BCUT2D eigenvalue weighted by atomic mass is 32.2. The summed E-state index contributed by atoms with van der Waals surface area (Å²) in [5.74, 6) is -0.0936. The van der Waals surface area contributed by atoms with Crippen molar-refractivity contribution in [3.63, 3.8) is 0 Å². The molecule has 0 aliphatic carbocycles. The number of hydrogen-bond donors (Lipinski definition) is 1. The van der Waals surface area contributed by atoms with Crippen molar-refractivity contribution in [2.75, 3.05) is 26.2 Å². The Kier molecular flexibility index (Phi) is 5.74. The summed E-state index contributed by atoms with van der Waals surface area (Å²) in [4.78, 5) is 16.4. The molecule has 0 spiro atoms. The minimum Gasteiger partial charge on any atom is -0.338 e. The molecule has 0 aromatic carbocycles. The molecule has 1 aromatic rings. The number of hydrogen-bond acceptors (Lipinski definition) is 5. The second kappa shape index (κ2) is 7.11. The fourth-order valence-corrected chi connectivity index (χ4v) is 6.07. The number of nitrogens with zero attached hydrogens (tertiary/aromatic N) is 2. The van der Waals surface area contributed by atoms with Gasteiger partial charge in [0.25, 0.3) is 0 Å². The number of carbonyl (C=O) groups excluding carboxylic acids is 1. The summed E-state index contributed by atoms with van der Waals surface area (Å²) < 4.78 is 27.1. The number of sulfonamides is 1. The van der Waals surface area contributed by atoms with Crippen molar-refractivity contribution in [2.24, 2.45) is 5.73 Å². The first kappa shape index (κ1) is 19.4. The Morgan fingerprint density at radius 2 is 1.88 bits per heavy atom. The van der Waals surface area contributed by atoms with E-state index in [0.717, 1.165) is 16.2 Å². The zero-order valence-corrected chi connectivity index (χ0v) is 16.5. The highest BCUT2D eigenvalue weighted by Gasteiger charge is 2.36. The molecular weight excluding hydrogens is 346 g/mol. The van der Waals surface area contributed by atoms with Crippen LogP contribution in [0.4, 0.5) is 0 Å². The van der Waals surface area contributed by atoms with Gasteiger partial charge in [-0.1, -0.05) is 13.3 Å². The average Bonchev–Trinajstić information content (AvgIpc) is 2.86. The Morgan fingerprint density at radius 1 is 1.29 bits per heavy atom. The summed E-state index contributed by atoms with van der Waals surface area (Å²) in [7, 11) is -3.49. The fourth-order valence-electron chi connectivity index (χ4n) is 3.12. The summed E-state index contributed by atoms with van der Waals surface area (Å²) in [5.41, 5.74) is 5.24. The van der Waals surface area contributed by atoms with Crippen molar-refractivity contribution in [1.29, 1.82) is 0 Å². The van der Waals surface area contributed by atoms with Crippen LogP contribution in [0.5, 0.6) is 0 Å². The Bertz CT molecular complexity index is 702. The topological polar surface area (TPSA) is 83.7 Å². The van der Waals surface area contributed by atoms with Crippen LogP contribution in [0.3, 0.4) is 0 Å². The summed E-state index contributed by atoms with van der Waals surface area (Å²) in [6.45, 7) is 8.87. The number of aryl methyl sites for hydroxylation is 2. The number of carbonyl (C=O) groups is 1. The zero-order chi connectivity index (χ0) is 18.1. The minimum absolute atomic E-state index is 0.0936. The fraction of sp³-hybridized carbons (Fsp3) is 0.688. The summed E-state index contributed by atoms with van der Waals surface area (Å²) in [6, 6.07) is 1.73. The molecule has 1 atom stereocenters. The van der Waals surface area contributed by atoms with Gasteiger partial charge in [0.05, 0.1) is 10.4 Å². The van der Waals surface area contributed by atoms with Gasteiger partial charge in [-0.05, 0) is 33.3 Å². The zero-order valence-electron chi connectivity index (χ0n) is 14.8. The van der Waals surface area contributed by atoms with Gasteiger partial charge < -0.3 is 10.6 Å². The molecular formula is C16H27N3O3S2. The molecule has 1 saturated heterocycles. The maximum absolute atomic E-state index is 12.8. The molecule has 1 aromatic heterocycles. The van der Waals surface area contributed by atoms with Crippen LogP contribution < -0.4 is 5.73 Å². The normalized spacial score (nSPS) is 19.3. The van der Waals surface area contributed by atoms with Gasteiger partial charge in [0.15, 0.2) is 0 Å². The molecule has 1 fully saturated rings. The van der Waals surface area contributed by atoms with E-state index in [4.69, 9.17) is 5.73 Å². The van der Waals surface area contributed by atoms with Gasteiger partial charge in [-0.3, -0.25) is 4.79 Å². The standard InChI is InChI=1S/C16H27N3O3S2/c1-5-6-16(4,17)15(20)18-7-9-19(10-8-18)24(21,22)14-11-12(2)23-13(14)3/h11H,5-10,17H2,1-4H3. The van der Waals surface area contributed by atoms with Crippen LogP contribution >= 0.6 is 11.3 Å². The highest BCUT2D eigenvalue weighted by Crippen LogP contribution is 2.28. The molecule has 0 bridgehead atoms. The van der Waals surface area contributed by atoms with E-state index in [0.29, 0.717) is 37.5 Å². The molecule has 0 saturated carbocycles. The molecule has 6 nitrogen and oxygen atoms in total. The molecule has 8 heteroatoms. The SMILES string of the molecule is CCCC(C)(N)C(=O)N1CCN(S(=O)(=O)c2cc(C)sc2C)CC1. The molecule has 1 aliphatic heterocycles. The van der Waals surface area contributed by atoms with Crippen molar-refractivity contribution in [2.45, 2.75) is 51.0 Å². The molecule has 1 aliphatic rings. The van der Waals surface area contributed by atoms with Crippen LogP contribution in [0, 0.1) is 13.8 Å². The molecule has 2 N–H and O–H groups in total. The van der Waals surface area contributed by atoms with E-state index >= 15 is 0 Å². The minimum atomic E-state index is -3.49. The van der Waals surface area contributed by atoms with Crippen molar-refractivity contribution in [3.8, 4) is 0 Å². The lowest BCUT2D eigenvalue weighted by molar-refractivity contribution is -0.137. The molecule has 2 heterocycles. The van der Waals surface area contributed by atoms with Crippen LogP contribution in [0.1, 0.15) is 36.4 Å². The van der Waals surface area contributed by atoms with E-state index in [-0.39, 0.29) is 5.91 Å². The van der Waals surface area contributed by atoms with Crippen molar-refractivity contribution in [3.05, 3.63) is 15.8 Å². The summed E-state index contributed by atoms with van der Waals surface area (Å²) in [6.07, 6.45) is 1.46. The van der Waals surface area contributed by atoms with Gasteiger partial charge in [0.1, 0.15) is 0 Å². The lowest BCUT2D eigenvalue weighted by atomic mass is 9.95. The number of piperazine rings is 1. The molecule has 136 valence electrons. The van der Waals surface area contributed by atoms with E-state index in [2.05, 4.69) is 0 Å². The quantitative estimate of drug-likeness (QED) is 0.852. The first-order chi connectivity index (χ1) is 11.1. The lowest BCUT2D eigenvalue weighted by Crippen LogP contribution is -2.58. The second-order valence-corrected chi connectivity index (χ2v) is 10.0. The smallest absolute Gasteiger partial charge is 0.244 e. The molecule has 1 unspecified atom stereocenters. The van der Waals surface area contributed by atoms with E-state index in [9.17, 15) is 13.2 Å². The van der Waals surface area contributed by atoms with Crippen molar-refractivity contribution < 1.29 is 13.2 Å². The molecule has 0 radical (unpaired) electrons.